The van der Waals surface area contributed by atoms with E-state index in [0.29, 0.717) is 22.2 Å². The number of carbonyl (C=O) groups excluding carboxylic acids is 2. The summed E-state index contributed by atoms with van der Waals surface area (Å²) in [5, 5.41) is 14.9. The summed E-state index contributed by atoms with van der Waals surface area (Å²) in [6.07, 6.45) is 0. The second kappa shape index (κ2) is 10.1. The number of amides is 2. The maximum absolute atomic E-state index is 12.4. The lowest BCUT2D eigenvalue weighted by Gasteiger charge is -2.08. The highest BCUT2D eigenvalue weighted by atomic mass is 32.2. The van der Waals surface area contributed by atoms with Crippen LogP contribution in [0.1, 0.15) is 15.9 Å². The van der Waals surface area contributed by atoms with Gasteiger partial charge in [-0.2, -0.15) is 0 Å². The number of anilines is 2. The van der Waals surface area contributed by atoms with Crippen LogP contribution in [0.2, 0.25) is 0 Å². The van der Waals surface area contributed by atoms with Crippen molar-refractivity contribution < 1.29 is 9.59 Å². The lowest BCUT2D eigenvalue weighted by molar-refractivity contribution is -0.113. The highest BCUT2D eigenvalue weighted by Crippen LogP contribution is 2.25. The molecule has 0 aliphatic heterocycles. The van der Waals surface area contributed by atoms with Crippen molar-refractivity contribution in [2.24, 2.45) is 7.05 Å². The molecule has 33 heavy (non-hydrogen) atoms. The Morgan fingerprint density at radius 2 is 1.61 bits per heavy atom. The monoisotopic (exact) mass is 457 g/mol. The van der Waals surface area contributed by atoms with Crippen molar-refractivity contribution in [3.63, 3.8) is 0 Å². The van der Waals surface area contributed by atoms with Crippen LogP contribution < -0.4 is 10.6 Å². The molecule has 1 heterocycles. The third-order valence-electron chi connectivity index (χ3n) is 4.88. The Balaban J connectivity index is 1.41. The van der Waals surface area contributed by atoms with Crippen LogP contribution >= 0.6 is 11.8 Å². The van der Waals surface area contributed by atoms with Crippen LogP contribution in [0.3, 0.4) is 0 Å². The van der Waals surface area contributed by atoms with Crippen LogP contribution in [0.25, 0.3) is 11.4 Å². The van der Waals surface area contributed by atoms with Gasteiger partial charge in [0.25, 0.3) is 5.91 Å². The van der Waals surface area contributed by atoms with Gasteiger partial charge < -0.3 is 15.2 Å². The first-order chi connectivity index (χ1) is 16.0. The van der Waals surface area contributed by atoms with Crippen LogP contribution in [-0.2, 0) is 11.8 Å². The van der Waals surface area contributed by atoms with E-state index in [1.165, 1.54) is 11.8 Å². The summed E-state index contributed by atoms with van der Waals surface area (Å²) in [5.74, 6) is 0.572. The Bertz CT molecular complexity index is 1290. The van der Waals surface area contributed by atoms with Gasteiger partial charge in [0.05, 0.1) is 5.75 Å². The van der Waals surface area contributed by atoms with Crippen LogP contribution in [0, 0.1) is 6.92 Å². The summed E-state index contributed by atoms with van der Waals surface area (Å²) < 4.78 is 1.84. The maximum atomic E-state index is 12.4. The Labute approximate surface area is 196 Å². The van der Waals surface area contributed by atoms with E-state index < -0.39 is 0 Å². The van der Waals surface area contributed by atoms with Gasteiger partial charge in [0, 0.05) is 29.5 Å². The normalized spacial score (nSPS) is 10.6. The highest BCUT2D eigenvalue weighted by Gasteiger charge is 2.14. The van der Waals surface area contributed by atoms with Crippen LogP contribution in [0.5, 0.6) is 0 Å². The molecule has 0 radical (unpaired) electrons. The summed E-state index contributed by atoms with van der Waals surface area (Å²) in [6, 6.07) is 24.2. The van der Waals surface area contributed by atoms with Crippen molar-refractivity contribution in [2.45, 2.75) is 12.1 Å². The topological polar surface area (TPSA) is 88.9 Å². The van der Waals surface area contributed by atoms with E-state index in [9.17, 15) is 9.59 Å². The van der Waals surface area contributed by atoms with E-state index in [4.69, 9.17) is 0 Å². The van der Waals surface area contributed by atoms with Crippen molar-refractivity contribution in [2.75, 3.05) is 16.4 Å². The average Bonchev–Trinajstić information content (AvgIpc) is 3.18. The zero-order valence-corrected chi connectivity index (χ0v) is 19.1. The number of nitrogens with zero attached hydrogens (tertiary/aromatic N) is 3. The fraction of sp³-hybridized carbons (Fsp3) is 0.120. The van der Waals surface area contributed by atoms with E-state index in [1.807, 2.05) is 85.3 Å². The maximum Gasteiger partial charge on any atom is 0.255 e. The molecular weight excluding hydrogens is 434 g/mol. The fourth-order valence-corrected chi connectivity index (χ4v) is 3.98. The van der Waals surface area contributed by atoms with Crippen molar-refractivity contribution in [3.05, 3.63) is 90.0 Å². The minimum atomic E-state index is -0.179. The van der Waals surface area contributed by atoms with Crippen molar-refractivity contribution in [1.82, 2.24) is 14.8 Å². The Kier molecular flexibility index (Phi) is 6.85. The molecule has 8 heteroatoms. The first-order valence-electron chi connectivity index (χ1n) is 10.3. The summed E-state index contributed by atoms with van der Waals surface area (Å²) >= 11 is 1.31. The molecule has 2 N–H and O–H groups in total. The molecular formula is C25H23N5O2S. The number of benzene rings is 3. The lowest BCUT2D eigenvalue weighted by Crippen LogP contribution is -2.14. The molecule has 0 spiro atoms. The van der Waals surface area contributed by atoms with Crippen molar-refractivity contribution in [3.8, 4) is 11.4 Å². The zero-order valence-electron chi connectivity index (χ0n) is 18.3. The standard InChI is InChI=1S/C25H23N5O2S/c1-17-8-6-12-20(14-17)26-22(31)16-33-25-29-28-23(30(25)2)19-11-7-13-21(15-19)27-24(32)18-9-4-3-5-10-18/h3-15H,16H2,1-2H3,(H,26,31)(H,27,32). The van der Waals surface area contributed by atoms with Crippen LogP contribution in [0.4, 0.5) is 11.4 Å². The quantitative estimate of drug-likeness (QED) is 0.390. The number of rotatable bonds is 7. The SMILES string of the molecule is Cc1cccc(NC(=O)CSc2nnc(-c3cccc(NC(=O)c4ccccc4)c3)n2C)c1. The summed E-state index contributed by atoms with van der Waals surface area (Å²) in [5.41, 5.74) is 3.92. The second-order valence-corrected chi connectivity index (χ2v) is 8.41. The number of hydrogen-bond acceptors (Lipinski definition) is 5. The minimum Gasteiger partial charge on any atom is -0.325 e. The third-order valence-corrected chi connectivity index (χ3v) is 5.90. The number of carbonyl (C=O) groups is 2. The Hall–Kier alpha value is -3.91. The molecule has 7 nitrogen and oxygen atoms in total. The number of aromatic nitrogens is 3. The second-order valence-electron chi connectivity index (χ2n) is 7.47. The van der Waals surface area contributed by atoms with Crippen molar-refractivity contribution in [1.29, 1.82) is 0 Å². The van der Waals surface area contributed by atoms with Gasteiger partial charge in [0.15, 0.2) is 11.0 Å². The molecule has 0 aliphatic rings. The van der Waals surface area contributed by atoms with E-state index in [-0.39, 0.29) is 17.6 Å². The summed E-state index contributed by atoms with van der Waals surface area (Å²) in [7, 11) is 1.85. The van der Waals surface area contributed by atoms with Crippen molar-refractivity contribution >= 4 is 35.0 Å². The van der Waals surface area contributed by atoms with E-state index in [2.05, 4.69) is 20.8 Å². The number of nitrogens with one attached hydrogen (secondary N) is 2. The molecule has 2 amide bonds. The highest BCUT2D eigenvalue weighted by molar-refractivity contribution is 7.99. The fourth-order valence-electron chi connectivity index (χ4n) is 3.27. The molecule has 0 aliphatic carbocycles. The predicted molar refractivity (Wildman–Crippen MR) is 131 cm³/mol. The van der Waals surface area contributed by atoms with E-state index in [0.717, 1.165) is 16.8 Å². The molecule has 0 bridgehead atoms. The minimum absolute atomic E-state index is 0.110. The molecule has 1 aromatic heterocycles. The Morgan fingerprint density at radius 1 is 0.879 bits per heavy atom. The molecule has 4 rings (SSSR count). The number of aryl methyl sites for hydroxylation is 1. The van der Waals surface area contributed by atoms with Gasteiger partial charge in [-0.25, -0.2) is 0 Å². The van der Waals surface area contributed by atoms with Gasteiger partial charge in [-0.15, -0.1) is 10.2 Å². The zero-order chi connectivity index (χ0) is 23.2. The molecule has 0 fully saturated rings. The molecule has 166 valence electrons. The van der Waals surface area contributed by atoms with Gasteiger partial charge in [0.1, 0.15) is 0 Å². The number of hydrogen-bond donors (Lipinski definition) is 2. The first-order valence-corrected chi connectivity index (χ1v) is 11.3. The van der Waals surface area contributed by atoms with E-state index >= 15 is 0 Å². The van der Waals surface area contributed by atoms with Gasteiger partial charge in [0.2, 0.25) is 5.91 Å². The van der Waals surface area contributed by atoms with E-state index in [1.54, 1.807) is 12.1 Å². The molecule has 0 unspecified atom stereocenters. The third kappa shape index (κ3) is 5.67. The van der Waals surface area contributed by atoms with Gasteiger partial charge >= 0.3 is 0 Å². The average molecular weight is 458 g/mol. The first kappa shape index (κ1) is 22.3. The predicted octanol–water partition coefficient (Wildman–Crippen LogP) is 4.77. The molecule has 3 aromatic carbocycles. The largest absolute Gasteiger partial charge is 0.325 e. The summed E-state index contributed by atoms with van der Waals surface area (Å²) in [4.78, 5) is 24.8. The van der Waals surface area contributed by atoms with Gasteiger partial charge in [-0.05, 0) is 48.9 Å². The number of thioether (sulfide) groups is 1. The smallest absolute Gasteiger partial charge is 0.255 e. The molecule has 0 atom stereocenters. The van der Waals surface area contributed by atoms with Crippen LogP contribution in [-0.4, -0.2) is 32.3 Å². The molecule has 4 aromatic rings. The molecule has 0 saturated heterocycles. The molecule has 0 saturated carbocycles. The van der Waals surface area contributed by atoms with Crippen LogP contribution in [0.15, 0.2) is 84.0 Å². The lowest BCUT2D eigenvalue weighted by atomic mass is 10.1. The van der Waals surface area contributed by atoms with Gasteiger partial charge in [-0.1, -0.05) is 54.2 Å². The summed E-state index contributed by atoms with van der Waals surface area (Å²) in [6.45, 7) is 1.98. The Morgan fingerprint density at radius 3 is 2.36 bits per heavy atom. The van der Waals surface area contributed by atoms with Gasteiger partial charge in [-0.3, -0.25) is 9.59 Å².